The van der Waals surface area contributed by atoms with Crippen molar-refractivity contribution in [3.8, 4) is 0 Å². The number of H-pyrrole nitrogens is 1. The molecule has 2 aromatic carbocycles. The van der Waals surface area contributed by atoms with Crippen LogP contribution in [0.15, 0.2) is 64.4 Å². The van der Waals surface area contributed by atoms with E-state index < -0.39 is 24.2 Å². The number of hydrogen-bond acceptors (Lipinski definition) is 6. The van der Waals surface area contributed by atoms with Crippen LogP contribution in [0.5, 0.6) is 0 Å². The van der Waals surface area contributed by atoms with E-state index >= 15 is 0 Å². The molecule has 202 valence electrons. The van der Waals surface area contributed by atoms with Crippen molar-refractivity contribution in [3.63, 3.8) is 0 Å². The molecule has 1 atom stereocenters. The van der Waals surface area contributed by atoms with Gasteiger partial charge in [-0.15, -0.1) is 0 Å². The topological polar surface area (TPSA) is 222 Å². The number of nitrogens with two attached hydrogens (primary N) is 2. The summed E-state index contributed by atoms with van der Waals surface area (Å²) in [6.45, 7) is 2.23. The zero-order chi connectivity index (χ0) is 28.1. The molecular weight excluding hydrogens is 496 g/mol. The molecule has 0 aliphatic rings. The van der Waals surface area contributed by atoms with Crippen LogP contribution in [0.4, 0.5) is 15.3 Å². The molecule has 13 heteroatoms. The Labute approximate surface area is 217 Å². The van der Waals surface area contributed by atoms with Gasteiger partial charge in [-0.3, -0.25) is 14.6 Å². The zero-order valence-corrected chi connectivity index (χ0v) is 20.6. The number of nitrogens with one attached hydrogen (secondary N) is 3. The normalized spacial score (nSPS) is 10.9. The summed E-state index contributed by atoms with van der Waals surface area (Å²) in [6, 6.07) is 15.1. The Bertz CT molecular complexity index is 1330. The number of hydrogen-bond donors (Lipinski definition) is 7. The van der Waals surface area contributed by atoms with Gasteiger partial charge in [-0.2, -0.15) is 0 Å². The quantitative estimate of drug-likeness (QED) is 0.123. The van der Waals surface area contributed by atoms with Gasteiger partial charge < -0.3 is 42.0 Å². The highest BCUT2D eigenvalue weighted by atomic mass is 16.6. The van der Waals surface area contributed by atoms with Crippen LogP contribution in [0.1, 0.15) is 24.0 Å². The molecule has 0 fully saturated rings. The molecule has 1 aromatic heterocycles. The third-order valence-corrected chi connectivity index (χ3v) is 5.08. The lowest BCUT2D eigenvalue weighted by molar-refractivity contribution is -0.118. The number of anilines is 1. The van der Waals surface area contributed by atoms with Gasteiger partial charge >= 0.3 is 12.2 Å². The molecule has 0 saturated carbocycles. The average molecular weight is 527 g/mol. The number of guanidine groups is 1. The molecule has 13 nitrogen and oxygen atoms in total. The van der Waals surface area contributed by atoms with E-state index in [0.717, 1.165) is 16.5 Å². The van der Waals surface area contributed by atoms with Gasteiger partial charge in [0.15, 0.2) is 5.96 Å². The number of fused-ring (bicyclic) bond motifs is 1. The highest BCUT2D eigenvalue weighted by molar-refractivity contribution is 5.98. The number of pyridine rings is 1. The largest absolute Gasteiger partial charge is 0.503 e. The minimum atomic E-state index is -1.83. The van der Waals surface area contributed by atoms with Crippen LogP contribution >= 0.6 is 0 Å². The zero-order valence-electron chi connectivity index (χ0n) is 20.6. The van der Waals surface area contributed by atoms with Crippen LogP contribution in [0.3, 0.4) is 0 Å². The van der Waals surface area contributed by atoms with Gasteiger partial charge in [-0.25, -0.2) is 9.59 Å². The Morgan fingerprint density at radius 1 is 1.08 bits per heavy atom. The van der Waals surface area contributed by atoms with Crippen molar-refractivity contribution in [1.29, 1.82) is 0 Å². The molecule has 0 bridgehead atoms. The molecular formula is C25H30N6O7. The Hall–Kier alpha value is -5.07. The minimum absolute atomic E-state index is 0.0447. The molecule has 0 saturated heterocycles. The van der Waals surface area contributed by atoms with Crippen LogP contribution < -0.4 is 27.7 Å². The van der Waals surface area contributed by atoms with E-state index in [-0.39, 0.29) is 24.5 Å². The summed E-state index contributed by atoms with van der Waals surface area (Å²) in [5, 5.41) is 20.2. The molecule has 38 heavy (non-hydrogen) atoms. The van der Waals surface area contributed by atoms with E-state index in [2.05, 4.69) is 20.6 Å². The fraction of sp³-hybridized carbons (Fsp3) is 0.240. The summed E-state index contributed by atoms with van der Waals surface area (Å²) in [7, 11) is 0. The van der Waals surface area contributed by atoms with Gasteiger partial charge in [0.05, 0.1) is 5.52 Å². The summed E-state index contributed by atoms with van der Waals surface area (Å²) in [6.07, 6.45) is -1.81. The van der Waals surface area contributed by atoms with E-state index in [1.165, 1.54) is 6.07 Å². The van der Waals surface area contributed by atoms with E-state index in [1.54, 1.807) is 12.1 Å². The summed E-state index contributed by atoms with van der Waals surface area (Å²) in [4.78, 5) is 52.3. The molecule has 3 rings (SSSR count). The fourth-order valence-electron chi connectivity index (χ4n) is 3.42. The Balaban J connectivity index is 0.00000118. The second-order valence-corrected chi connectivity index (χ2v) is 8.06. The van der Waals surface area contributed by atoms with Gasteiger partial charge in [0.1, 0.15) is 12.6 Å². The first kappa shape index (κ1) is 29.2. The highest BCUT2D eigenvalue weighted by Gasteiger charge is 2.21. The predicted molar refractivity (Wildman–Crippen MR) is 142 cm³/mol. The number of alkyl carbamates (subject to hydrolysis) is 1. The molecule has 1 heterocycles. The predicted octanol–water partition coefficient (Wildman–Crippen LogP) is 2.35. The number of aryl methyl sites for hydroxylation is 1. The maximum atomic E-state index is 13.0. The number of aliphatic imine (C=N–C) groups is 1. The highest BCUT2D eigenvalue weighted by Crippen LogP contribution is 2.19. The van der Waals surface area contributed by atoms with Crippen LogP contribution in [-0.2, 0) is 16.1 Å². The molecule has 0 aliphatic carbocycles. The second-order valence-electron chi connectivity index (χ2n) is 8.06. The third-order valence-electron chi connectivity index (χ3n) is 5.08. The molecule has 0 spiro atoms. The van der Waals surface area contributed by atoms with Crippen molar-refractivity contribution in [2.75, 3.05) is 11.9 Å². The standard InChI is InChI=1S/C24H28N6O4.CH2O3/c1-15-12-21(31)29-20-13-17(9-10-18(15)20)28-22(32)19(8-5-11-27-23(25)26)30-24(33)34-14-16-6-3-2-4-7-16;2-1(3)4/h2-4,6-7,9-10,12-13,19H,5,8,11,14H2,1H3,(H,28,32)(H,29,31)(H,30,33)(H4,25,26,27);(H2,2,3,4). The van der Waals surface area contributed by atoms with Gasteiger partial charge in [-0.1, -0.05) is 36.4 Å². The summed E-state index contributed by atoms with van der Waals surface area (Å²) < 4.78 is 5.25. The number of benzene rings is 2. The van der Waals surface area contributed by atoms with Crippen molar-refractivity contribution < 1.29 is 29.3 Å². The molecule has 2 amide bonds. The summed E-state index contributed by atoms with van der Waals surface area (Å²) >= 11 is 0. The summed E-state index contributed by atoms with van der Waals surface area (Å²) in [5.41, 5.74) is 13.2. The van der Waals surface area contributed by atoms with Gasteiger partial charge in [0, 0.05) is 23.7 Å². The van der Waals surface area contributed by atoms with Crippen molar-refractivity contribution in [1.82, 2.24) is 10.3 Å². The number of rotatable bonds is 9. The number of aromatic nitrogens is 1. The minimum Gasteiger partial charge on any atom is -0.450 e. The summed E-state index contributed by atoms with van der Waals surface area (Å²) in [5.74, 6) is -0.479. The van der Waals surface area contributed by atoms with Crippen molar-refractivity contribution in [2.24, 2.45) is 16.5 Å². The molecule has 0 aliphatic heterocycles. The first-order valence-corrected chi connectivity index (χ1v) is 11.4. The smallest absolute Gasteiger partial charge is 0.450 e. The maximum absolute atomic E-state index is 13.0. The Morgan fingerprint density at radius 2 is 1.76 bits per heavy atom. The molecule has 3 aromatic rings. The van der Waals surface area contributed by atoms with Gasteiger partial charge in [0.2, 0.25) is 11.5 Å². The first-order valence-electron chi connectivity index (χ1n) is 11.4. The maximum Gasteiger partial charge on any atom is 0.503 e. The van der Waals surface area contributed by atoms with Crippen LogP contribution in [0, 0.1) is 6.92 Å². The number of nitrogens with zero attached hydrogens (tertiary/aromatic N) is 1. The lowest BCUT2D eigenvalue weighted by Crippen LogP contribution is -2.44. The number of ether oxygens (including phenoxy) is 1. The number of amides is 2. The van der Waals surface area contributed by atoms with Gasteiger partial charge in [-0.05, 0) is 43.0 Å². The van der Waals surface area contributed by atoms with Crippen LogP contribution in [-0.4, -0.2) is 51.9 Å². The van der Waals surface area contributed by atoms with Crippen LogP contribution in [0.2, 0.25) is 0 Å². The number of carbonyl (C=O) groups excluding carboxylic acids is 2. The monoisotopic (exact) mass is 526 g/mol. The Kier molecular flexibility index (Phi) is 11.1. The molecule has 0 radical (unpaired) electrons. The molecule has 9 N–H and O–H groups in total. The second kappa shape index (κ2) is 14.5. The van der Waals surface area contributed by atoms with Gasteiger partial charge in [0.25, 0.3) is 0 Å². The third kappa shape index (κ3) is 10.3. The lowest BCUT2D eigenvalue weighted by Gasteiger charge is -2.18. The first-order chi connectivity index (χ1) is 18.0. The average Bonchev–Trinajstić information content (AvgIpc) is 2.84. The van der Waals surface area contributed by atoms with Crippen molar-refractivity contribution in [3.05, 3.63) is 76.1 Å². The van der Waals surface area contributed by atoms with E-state index in [0.29, 0.717) is 24.2 Å². The van der Waals surface area contributed by atoms with Crippen molar-refractivity contribution >= 4 is 40.7 Å². The lowest BCUT2D eigenvalue weighted by atomic mass is 10.1. The number of carbonyl (C=O) groups is 3. The van der Waals surface area contributed by atoms with E-state index in [9.17, 15) is 14.4 Å². The molecule has 1 unspecified atom stereocenters. The SMILES string of the molecule is Cc1cc(=O)[nH]c2cc(NC(=O)C(CCCN=C(N)N)NC(=O)OCc3ccccc3)ccc12.O=C(O)O. The number of carboxylic acid groups (broad SMARTS) is 2. The van der Waals surface area contributed by atoms with E-state index in [4.69, 9.17) is 31.2 Å². The van der Waals surface area contributed by atoms with Crippen molar-refractivity contribution in [2.45, 2.75) is 32.4 Å². The van der Waals surface area contributed by atoms with Crippen LogP contribution in [0.25, 0.3) is 10.9 Å². The number of aromatic amines is 1. The Morgan fingerprint density at radius 3 is 2.42 bits per heavy atom. The fourth-order valence-corrected chi connectivity index (χ4v) is 3.42. The van der Waals surface area contributed by atoms with E-state index in [1.807, 2.05) is 43.3 Å².